The van der Waals surface area contributed by atoms with E-state index in [4.69, 9.17) is 0 Å². The van der Waals surface area contributed by atoms with Crippen molar-refractivity contribution >= 4 is 5.57 Å². The maximum absolute atomic E-state index is 3.93. The van der Waals surface area contributed by atoms with Crippen molar-refractivity contribution < 1.29 is 0 Å². The van der Waals surface area contributed by atoms with E-state index in [9.17, 15) is 0 Å². The molecule has 0 aliphatic heterocycles. The second-order valence-corrected chi connectivity index (χ2v) is 2.49. The third kappa shape index (κ3) is 4.46. The highest BCUT2D eigenvalue weighted by atomic mass is 13.9. The Morgan fingerprint density at radius 2 is 1.64 bits per heavy atom. The van der Waals surface area contributed by atoms with Crippen LogP contribution >= 0.6 is 0 Å². The molecule has 0 radical (unpaired) electrons. The van der Waals surface area contributed by atoms with E-state index in [0.717, 1.165) is 11.1 Å². The van der Waals surface area contributed by atoms with Crippen LogP contribution in [0.1, 0.15) is 20.4 Å². The molecule has 1 aromatic carbocycles. The molecule has 0 bridgehead atoms. The Morgan fingerprint density at radius 3 is 2.14 bits per heavy atom. The molecule has 0 spiro atoms. The molecular formula is C14H20. The first-order chi connectivity index (χ1) is 5.84. The molecule has 0 fully saturated rings. The van der Waals surface area contributed by atoms with E-state index in [1.165, 1.54) is 0 Å². The standard InChI is InChI=1S/C12H12.2CH4/c1-3-4-8-11(2)12-9-6-5-7-10-12;;/h3-10H,1-2H2;2*1H4/b8-4-;;. The summed E-state index contributed by atoms with van der Waals surface area (Å²) in [6.07, 6.45) is 5.58. The number of allylic oxidation sites excluding steroid dienone is 4. The average Bonchev–Trinajstić information content (AvgIpc) is 2.15. The molecule has 1 aromatic rings. The van der Waals surface area contributed by atoms with Crippen LogP contribution in [0.25, 0.3) is 5.57 Å². The van der Waals surface area contributed by atoms with Crippen LogP contribution in [0, 0.1) is 0 Å². The first-order valence-corrected chi connectivity index (χ1v) is 3.88. The Labute approximate surface area is 88.3 Å². The lowest BCUT2D eigenvalue weighted by atomic mass is 10.1. The summed E-state index contributed by atoms with van der Waals surface area (Å²) in [7, 11) is 0. The summed E-state index contributed by atoms with van der Waals surface area (Å²) >= 11 is 0. The summed E-state index contributed by atoms with van der Waals surface area (Å²) < 4.78 is 0. The molecule has 76 valence electrons. The van der Waals surface area contributed by atoms with Crippen LogP contribution in [0.3, 0.4) is 0 Å². The lowest BCUT2D eigenvalue weighted by molar-refractivity contribution is 1.63. The number of hydrogen-bond donors (Lipinski definition) is 0. The lowest BCUT2D eigenvalue weighted by Crippen LogP contribution is -1.75. The zero-order valence-electron chi connectivity index (χ0n) is 7.03. The van der Waals surface area contributed by atoms with Crippen molar-refractivity contribution in [3.8, 4) is 0 Å². The highest BCUT2D eigenvalue weighted by molar-refractivity contribution is 5.71. The van der Waals surface area contributed by atoms with E-state index >= 15 is 0 Å². The largest absolute Gasteiger partial charge is 0.0991 e. The van der Waals surface area contributed by atoms with Gasteiger partial charge in [-0.25, -0.2) is 0 Å². The van der Waals surface area contributed by atoms with E-state index in [-0.39, 0.29) is 14.9 Å². The minimum Gasteiger partial charge on any atom is -0.0991 e. The third-order valence-electron chi connectivity index (χ3n) is 1.58. The fourth-order valence-electron chi connectivity index (χ4n) is 0.933. The molecule has 0 heterocycles. The predicted octanol–water partition coefficient (Wildman–Crippen LogP) is 4.71. The van der Waals surface area contributed by atoms with Gasteiger partial charge in [-0.1, -0.05) is 76.6 Å². The topological polar surface area (TPSA) is 0 Å². The Kier molecular flexibility index (Phi) is 8.60. The second-order valence-electron chi connectivity index (χ2n) is 2.49. The molecule has 0 saturated heterocycles. The van der Waals surface area contributed by atoms with Gasteiger partial charge in [0.15, 0.2) is 0 Å². The van der Waals surface area contributed by atoms with Crippen molar-refractivity contribution in [2.24, 2.45) is 0 Å². The van der Waals surface area contributed by atoms with Gasteiger partial charge >= 0.3 is 0 Å². The molecule has 0 N–H and O–H groups in total. The van der Waals surface area contributed by atoms with Gasteiger partial charge in [0.2, 0.25) is 0 Å². The van der Waals surface area contributed by atoms with E-state index < -0.39 is 0 Å². The smallest absolute Gasteiger partial charge is 0.0190 e. The van der Waals surface area contributed by atoms with Gasteiger partial charge in [0.25, 0.3) is 0 Å². The normalized spacial score (nSPS) is 8.57. The Bertz CT molecular complexity index is 291. The number of rotatable bonds is 3. The highest BCUT2D eigenvalue weighted by Gasteiger charge is 1.90. The second kappa shape index (κ2) is 8.06. The van der Waals surface area contributed by atoms with Crippen molar-refractivity contribution in [2.75, 3.05) is 0 Å². The summed E-state index contributed by atoms with van der Waals surface area (Å²) in [5, 5.41) is 0. The molecule has 0 aliphatic carbocycles. The Balaban J connectivity index is 0. The monoisotopic (exact) mass is 188 g/mol. The predicted molar refractivity (Wildman–Crippen MR) is 68.3 cm³/mol. The van der Waals surface area contributed by atoms with Crippen LogP contribution in [0.2, 0.25) is 0 Å². The van der Waals surface area contributed by atoms with Crippen LogP contribution in [0.4, 0.5) is 0 Å². The maximum Gasteiger partial charge on any atom is -0.0190 e. The highest BCUT2D eigenvalue weighted by Crippen LogP contribution is 2.12. The molecule has 0 amide bonds. The molecule has 0 nitrogen and oxygen atoms in total. The summed E-state index contributed by atoms with van der Waals surface area (Å²) in [4.78, 5) is 0. The van der Waals surface area contributed by atoms with Crippen molar-refractivity contribution in [1.82, 2.24) is 0 Å². The Morgan fingerprint density at radius 1 is 1.07 bits per heavy atom. The number of benzene rings is 1. The number of hydrogen-bond acceptors (Lipinski definition) is 0. The van der Waals surface area contributed by atoms with Gasteiger partial charge in [-0.05, 0) is 11.1 Å². The van der Waals surface area contributed by atoms with Gasteiger partial charge in [-0.3, -0.25) is 0 Å². The van der Waals surface area contributed by atoms with Gasteiger partial charge in [0, 0.05) is 0 Å². The summed E-state index contributed by atoms with van der Waals surface area (Å²) in [5.74, 6) is 0. The molecule has 0 aliphatic rings. The minimum atomic E-state index is 0. The van der Waals surface area contributed by atoms with Gasteiger partial charge in [-0.2, -0.15) is 0 Å². The fraction of sp³-hybridized carbons (Fsp3) is 0.143. The quantitative estimate of drug-likeness (QED) is 0.602. The Hall–Kier alpha value is -1.56. The van der Waals surface area contributed by atoms with Crippen molar-refractivity contribution in [1.29, 1.82) is 0 Å². The molecule has 0 saturated carbocycles. The molecule has 14 heavy (non-hydrogen) atoms. The third-order valence-corrected chi connectivity index (χ3v) is 1.58. The maximum atomic E-state index is 3.93. The molecule has 0 aromatic heterocycles. The zero-order valence-corrected chi connectivity index (χ0v) is 7.03. The fourth-order valence-corrected chi connectivity index (χ4v) is 0.933. The van der Waals surface area contributed by atoms with Crippen LogP contribution in [0.5, 0.6) is 0 Å². The molecule has 0 unspecified atom stereocenters. The first kappa shape index (κ1) is 14.9. The zero-order chi connectivity index (χ0) is 8.81. The van der Waals surface area contributed by atoms with Gasteiger partial charge < -0.3 is 0 Å². The van der Waals surface area contributed by atoms with Crippen molar-refractivity contribution in [3.63, 3.8) is 0 Å². The minimum absolute atomic E-state index is 0. The lowest BCUT2D eigenvalue weighted by Gasteiger charge is -1.97. The van der Waals surface area contributed by atoms with E-state index in [2.05, 4.69) is 13.2 Å². The van der Waals surface area contributed by atoms with Gasteiger partial charge in [0.1, 0.15) is 0 Å². The first-order valence-electron chi connectivity index (χ1n) is 3.88. The van der Waals surface area contributed by atoms with Crippen LogP contribution in [0.15, 0.2) is 61.7 Å². The summed E-state index contributed by atoms with van der Waals surface area (Å²) in [6, 6.07) is 10.1. The average molecular weight is 188 g/mol. The van der Waals surface area contributed by atoms with E-state index in [1.54, 1.807) is 6.08 Å². The molecule has 0 heteroatoms. The summed E-state index contributed by atoms with van der Waals surface area (Å²) in [6.45, 7) is 7.53. The van der Waals surface area contributed by atoms with Crippen LogP contribution in [-0.4, -0.2) is 0 Å². The van der Waals surface area contributed by atoms with E-state index in [0.29, 0.717) is 0 Å². The SMILES string of the molecule is C.C.C=C/C=C\C(=C)c1ccccc1. The molecule has 0 atom stereocenters. The molecular weight excluding hydrogens is 168 g/mol. The summed E-state index contributed by atoms with van der Waals surface area (Å²) in [5.41, 5.74) is 2.16. The van der Waals surface area contributed by atoms with Crippen molar-refractivity contribution in [2.45, 2.75) is 14.9 Å². The van der Waals surface area contributed by atoms with Crippen LogP contribution < -0.4 is 0 Å². The molecule has 1 rings (SSSR count). The van der Waals surface area contributed by atoms with E-state index in [1.807, 2.05) is 42.5 Å². The van der Waals surface area contributed by atoms with Crippen molar-refractivity contribution in [3.05, 3.63) is 67.3 Å². The van der Waals surface area contributed by atoms with Gasteiger partial charge in [-0.15, -0.1) is 0 Å². The van der Waals surface area contributed by atoms with Crippen LogP contribution in [-0.2, 0) is 0 Å². The van der Waals surface area contributed by atoms with Gasteiger partial charge in [0.05, 0.1) is 0 Å².